The van der Waals surface area contributed by atoms with Gasteiger partial charge in [-0.25, -0.2) is 8.42 Å². The van der Waals surface area contributed by atoms with Crippen molar-refractivity contribution in [2.24, 2.45) is 0 Å². The van der Waals surface area contributed by atoms with Crippen molar-refractivity contribution in [3.63, 3.8) is 0 Å². The number of thiocarbonyl (C=S) groups is 1. The second kappa shape index (κ2) is 9.44. The minimum Gasteiger partial charge on any atom is -0.361 e. The van der Waals surface area contributed by atoms with Crippen LogP contribution in [0.5, 0.6) is 0 Å². The Bertz CT molecular complexity index is 1230. The lowest BCUT2D eigenvalue weighted by Gasteiger charge is -2.15. The third-order valence-electron chi connectivity index (χ3n) is 4.45. The van der Waals surface area contributed by atoms with Gasteiger partial charge in [0.15, 0.2) is 20.8 Å². The first-order valence-electron chi connectivity index (χ1n) is 9.44. The van der Waals surface area contributed by atoms with Gasteiger partial charge < -0.3 is 14.4 Å². The molecule has 3 N–H and O–H groups in total. The molecule has 2 aromatic heterocycles. The number of para-hydroxylation sites is 1. The summed E-state index contributed by atoms with van der Waals surface area (Å²) in [4.78, 5) is 16.2. The van der Waals surface area contributed by atoms with Gasteiger partial charge in [-0.2, -0.15) is 4.98 Å². The number of carbonyl (C=O) groups excluding carboxylic acids is 1. The maximum Gasteiger partial charge on any atom is 0.263 e. The average Bonchev–Trinajstić information content (AvgIpc) is 3.28. The standard InChI is InChI=1S/C19H22N6O5S2/c1-10-6-5-7-11(2)17(10)21-19(31)23-22-15(26)9-32(27,28)8-14-20-18(30-25-14)16-12(3)24-29-13(16)4/h5-7H,8-9H2,1-4H3,(H,22,26)(H2,21,23,31). The van der Waals surface area contributed by atoms with E-state index in [4.69, 9.17) is 21.3 Å². The maximum absolute atomic E-state index is 12.4. The first-order valence-corrected chi connectivity index (χ1v) is 11.7. The van der Waals surface area contributed by atoms with Gasteiger partial charge in [0.2, 0.25) is 0 Å². The van der Waals surface area contributed by atoms with Crippen LogP contribution in [-0.4, -0.2) is 40.5 Å². The smallest absolute Gasteiger partial charge is 0.263 e. The highest BCUT2D eigenvalue weighted by Gasteiger charge is 2.23. The molecule has 2 heterocycles. The van der Waals surface area contributed by atoms with E-state index in [2.05, 4.69) is 31.5 Å². The van der Waals surface area contributed by atoms with Crippen LogP contribution in [0.3, 0.4) is 0 Å². The molecule has 0 saturated heterocycles. The van der Waals surface area contributed by atoms with Gasteiger partial charge in [0, 0.05) is 5.69 Å². The van der Waals surface area contributed by atoms with Crippen LogP contribution in [0.2, 0.25) is 0 Å². The lowest BCUT2D eigenvalue weighted by atomic mass is 10.1. The number of aryl methyl sites for hydroxylation is 4. The van der Waals surface area contributed by atoms with E-state index in [1.807, 2.05) is 32.0 Å². The largest absolute Gasteiger partial charge is 0.361 e. The van der Waals surface area contributed by atoms with Crippen LogP contribution in [0.4, 0.5) is 5.69 Å². The monoisotopic (exact) mass is 478 g/mol. The Hall–Kier alpha value is -3.32. The van der Waals surface area contributed by atoms with Crippen molar-refractivity contribution < 1.29 is 22.3 Å². The Labute approximate surface area is 189 Å². The number of anilines is 1. The summed E-state index contributed by atoms with van der Waals surface area (Å²) in [7, 11) is -3.87. The molecule has 170 valence electrons. The van der Waals surface area contributed by atoms with Gasteiger partial charge in [-0.3, -0.25) is 15.6 Å². The minimum atomic E-state index is -3.87. The summed E-state index contributed by atoms with van der Waals surface area (Å²) >= 11 is 5.15. The summed E-state index contributed by atoms with van der Waals surface area (Å²) in [5.41, 5.74) is 8.56. The van der Waals surface area contributed by atoms with E-state index in [0.717, 1.165) is 16.8 Å². The van der Waals surface area contributed by atoms with E-state index in [0.29, 0.717) is 17.0 Å². The van der Waals surface area contributed by atoms with E-state index >= 15 is 0 Å². The van der Waals surface area contributed by atoms with Gasteiger partial charge in [0.1, 0.15) is 22.8 Å². The summed E-state index contributed by atoms with van der Waals surface area (Å²) in [5.74, 6) is -1.66. The van der Waals surface area contributed by atoms with Crippen molar-refractivity contribution in [2.45, 2.75) is 33.4 Å². The number of rotatable bonds is 6. The van der Waals surface area contributed by atoms with Crippen LogP contribution in [0.25, 0.3) is 11.5 Å². The molecular formula is C19H22N6O5S2. The quantitative estimate of drug-likeness (QED) is 0.352. The second-order valence-electron chi connectivity index (χ2n) is 7.14. The normalized spacial score (nSPS) is 11.2. The molecule has 0 saturated carbocycles. The van der Waals surface area contributed by atoms with Crippen molar-refractivity contribution >= 4 is 38.8 Å². The van der Waals surface area contributed by atoms with Crippen molar-refractivity contribution in [1.82, 2.24) is 26.1 Å². The summed E-state index contributed by atoms with van der Waals surface area (Å²) in [6.45, 7) is 7.20. The molecular weight excluding hydrogens is 456 g/mol. The highest BCUT2D eigenvalue weighted by Crippen LogP contribution is 2.25. The molecule has 3 rings (SSSR count). The fourth-order valence-corrected chi connectivity index (χ4v) is 4.21. The Kier molecular flexibility index (Phi) is 6.89. The molecule has 0 radical (unpaired) electrons. The highest BCUT2D eigenvalue weighted by atomic mass is 32.2. The number of amides is 1. The maximum atomic E-state index is 12.4. The number of nitrogens with one attached hydrogen (secondary N) is 3. The number of sulfone groups is 1. The van der Waals surface area contributed by atoms with Gasteiger partial charge in [0.25, 0.3) is 11.8 Å². The second-order valence-corrected chi connectivity index (χ2v) is 9.61. The summed E-state index contributed by atoms with van der Waals surface area (Å²) in [5, 5.41) is 10.6. The molecule has 13 heteroatoms. The number of carbonyl (C=O) groups is 1. The molecule has 0 aliphatic carbocycles. The minimum absolute atomic E-state index is 0.0759. The van der Waals surface area contributed by atoms with Crippen molar-refractivity contribution in [2.75, 3.05) is 11.1 Å². The SMILES string of the molecule is Cc1cccc(C)c1NC(=S)NNC(=O)CS(=O)(=O)Cc1noc(-c2c(C)noc2C)n1. The Balaban J connectivity index is 1.54. The van der Waals surface area contributed by atoms with Crippen LogP contribution in [0.15, 0.2) is 27.2 Å². The third-order valence-corrected chi connectivity index (χ3v) is 6.05. The summed E-state index contributed by atoms with van der Waals surface area (Å²) in [6, 6.07) is 5.75. The Morgan fingerprint density at radius 3 is 2.38 bits per heavy atom. The first-order chi connectivity index (χ1) is 15.1. The Morgan fingerprint density at radius 2 is 1.75 bits per heavy atom. The number of hydrogen-bond donors (Lipinski definition) is 3. The van der Waals surface area contributed by atoms with Gasteiger partial charge in [0.05, 0.1) is 5.69 Å². The molecule has 3 aromatic rings. The molecule has 0 unspecified atom stereocenters. The molecule has 11 nitrogen and oxygen atoms in total. The van der Waals surface area contributed by atoms with Gasteiger partial charge in [-0.15, -0.1) is 0 Å². The lowest BCUT2D eigenvalue weighted by Crippen LogP contribution is -2.46. The van der Waals surface area contributed by atoms with E-state index in [1.54, 1.807) is 13.8 Å². The fraction of sp³-hybridized carbons (Fsp3) is 0.316. The molecule has 0 fully saturated rings. The van der Waals surface area contributed by atoms with Crippen molar-refractivity contribution in [3.8, 4) is 11.5 Å². The third kappa shape index (κ3) is 5.68. The number of hydrazine groups is 1. The van der Waals surface area contributed by atoms with Gasteiger partial charge >= 0.3 is 0 Å². The zero-order valence-electron chi connectivity index (χ0n) is 17.8. The molecule has 0 bridgehead atoms. The molecule has 32 heavy (non-hydrogen) atoms. The predicted octanol–water partition coefficient (Wildman–Crippen LogP) is 1.89. The number of hydrogen-bond acceptors (Lipinski definition) is 9. The highest BCUT2D eigenvalue weighted by molar-refractivity contribution is 7.91. The number of nitrogens with zero attached hydrogens (tertiary/aromatic N) is 3. The van der Waals surface area contributed by atoms with Crippen LogP contribution >= 0.6 is 12.2 Å². The summed E-state index contributed by atoms with van der Waals surface area (Å²) in [6.07, 6.45) is 0. The Morgan fingerprint density at radius 1 is 1.06 bits per heavy atom. The number of aromatic nitrogens is 3. The first kappa shape index (κ1) is 23.3. The topological polar surface area (TPSA) is 152 Å². The van der Waals surface area contributed by atoms with Gasteiger partial charge in [-0.05, 0) is 51.0 Å². The van der Waals surface area contributed by atoms with E-state index in [9.17, 15) is 13.2 Å². The van der Waals surface area contributed by atoms with Crippen molar-refractivity contribution in [3.05, 3.63) is 46.6 Å². The van der Waals surface area contributed by atoms with Crippen LogP contribution in [-0.2, 0) is 20.4 Å². The summed E-state index contributed by atoms with van der Waals surface area (Å²) < 4.78 is 34.9. The molecule has 0 spiro atoms. The molecule has 0 aliphatic heterocycles. The van der Waals surface area contributed by atoms with Crippen LogP contribution in [0, 0.1) is 27.7 Å². The lowest BCUT2D eigenvalue weighted by molar-refractivity contribution is -0.119. The van der Waals surface area contributed by atoms with Gasteiger partial charge in [-0.1, -0.05) is 28.5 Å². The zero-order valence-corrected chi connectivity index (χ0v) is 19.5. The number of benzene rings is 1. The predicted molar refractivity (Wildman–Crippen MR) is 120 cm³/mol. The molecule has 0 aliphatic rings. The average molecular weight is 479 g/mol. The fourth-order valence-electron chi connectivity index (χ4n) is 2.97. The molecule has 0 atom stereocenters. The van der Waals surface area contributed by atoms with E-state index in [1.165, 1.54) is 0 Å². The van der Waals surface area contributed by atoms with Crippen LogP contribution in [0.1, 0.15) is 28.4 Å². The van der Waals surface area contributed by atoms with Crippen LogP contribution < -0.4 is 16.2 Å². The zero-order chi connectivity index (χ0) is 23.5. The molecule has 1 aromatic carbocycles. The van der Waals surface area contributed by atoms with E-state index < -0.39 is 27.3 Å². The van der Waals surface area contributed by atoms with Crippen molar-refractivity contribution in [1.29, 1.82) is 0 Å². The van der Waals surface area contributed by atoms with E-state index in [-0.39, 0.29) is 16.8 Å². The molecule has 1 amide bonds.